The Morgan fingerprint density at radius 2 is 1.72 bits per heavy atom. The summed E-state index contributed by atoms with van der Waals surface area (Å²) in [6, 6.07) is 12.3. The van der Waals surface area contributed by atoms with E-state index in [2.05, 4.69) is 0 Å². The van der Waals surface area contributed by atoms with E-state index >= 15 is 0 Å². The summed E-state index contributed by atoms with van der Waals surface area (Å²) in [5, 5.41) is 11.1. The Hall–Kier alpha value is -4.07. The Labute approximate surface area is 182 Å². The number of ether oxygens (including phenoxy) is 2. The Balaban J connectivity index is 1.68. The number of Topliss-reactive ketones (excluding diaryl/α,β-unsaturated/α-hetero) is 1. The van der Waals surface area contributed by atoms with E-state index in [1.54, 1.807) is 37.3 Å². The number of carbonyl (C=O) groups is 2. The van der Waals surface area contributed by atoms with E-state index in [1.807, 2.05) is 0 Å². The van der Waals surface area contributed by atoms with Crippen LogP contribution in [0.2, 0.25) is 0 Å². The van der Waals surface area contributed by atoms with Crippen molar-refractivity contribution in [2.24, 2.45) is 0 Å². The molecular weight excluding hydrogens is 417 g/mol. The Kier molecular flexibility index (Phi) is 4.70. The monoisotopic (exact) mass is 435 g/mol. The molecule has 2 aliphatic rings. The van der Waals surface area contributed by atoms with E-state index in [0.717, 1.165) is 0 Å². The molecule has 8 heteroatoms. The number of furan rings is 1. The molecule has 0 radical (unpaired) electrons. The predicted octanol–water partition coefficient (Wildman–Crippen LogP) is 4.12. The van der Waals surface area contributed by atoms with Gasteiger partial charge in [-0.1, -0.05) is 0 Å². The minimum atomic E-state index is -1.03. The van der Waals surface area contributed by atoms with Gasteiger partial charge < -0.3 is 19.0 Å². The second-order valence-electron chi connectivity index (χ2n) is 7.45. The minimum absolute atomic E-state index is 0.134. The molecule has 1 aromatic heterocycles. The zero-order chi connectivity index (χ0) is 22.4. The van der Waals surface area contributed by atoms with Gasteiger partial charge in [-0.3, -0.25) is 14.5 Å². The first kappa shape index (κ1) is 19.9. The molecule has 0 bridgehead atoms. The van der Waals surface area contributed by atoms with Crippen LogP contribution >= 0.6 is 0 Å². The second kappa shape index (κ2) is 7.56. The van der Waals surface area contributed by atoms with Crippen molar-refractivity contribution in [3.05, 3.63) is 83.1 Å². The number of nitrogens with zero attached hydrogens (tertiary/aromatic N) is 1. The smallest absolute Gasteiger partial charge is 0.300 e. The number of amides is 1. The third kappa shape index (κ3) is 3.20. The molecular formula is C24H18FNO6. The number of aryl methyl sites for hydroxylation is 1. The summed E-state index contributed by atoms with van der Waals surface area (Å²) in [5.41, 5.74) is 0.457. The number of aliphatic hydroxyl groups is 1. The van der Waals surface area contributed by atoms with Crippen LogP contribution in [0.4, 0.5) is 10.1 Å². The van der Waals surface area contributed by atoms with E-state index < -0.39 is 23.5 Å². The maximum Gasteiger partial charge on any atom is 0.300 e. The summed E-state index contributed by atoms with van der Waals surface area (Å²) in [6.45, 7) is 2.51. The van der Waals surface area contributed by atoms with Crippen molar-refractivity contribution in [2.45, 2.75) is 13.0 Å². The summed E-state index contributed by atoms with van der Waals surface area (Å²) >= 11 is 0. The number of ketones is 1. The lowest BCUT2D eigenvalue weighted by atomic mass is 9.99. The van der Waals surface area contributed by atoms with Crippen molar-refractivity contribution in [1.29, 1.82) is 0 Å². The van der Waals surface area contributed by atoms with Crippen molar-refractivity contribution < 1.29 is 33.0 Å². The topological polar surface area (TPSA) is 89.2 Å². The molecule has 162 valence electrons. The summed E-state index contributed by atoms with van der Waals surface area (Å²) in [7, 11) is 0. The fraction of sp³-hybridized carbons (Fsp3) is 0.167. The zero-order valence-electron chi connectivity index (χ0n) is 17.0. The molecule has 0 saturated carbocycles. The quantitative estimate of drug-likeness (QED) is 0.378. The molecule has 1 saturated heterocycles. The number of aliphatic hydroxyl groups excluding tert-OH is 1. The normalized spacial score (nSPS) is 19.4. The van der Waals surface area contributed by atoms with E-state index in [0.29, 0.717) is 47.5 Å². The Bertz CT molecular complexity index is 1260. The van der Waals surface area contributed by atoms with Gasteiger partial charge in [0.1, 0.15) is 42.4 Å². The zero-order valence-corrected chi connectivity index (χ0v) is 17.0. The van der Waals surface area contributed by atoms with Crippen molar-refractivity contribution in [1.82, 2.24) is 0 Å². The second-order valence-corrected chi connectivity index (χ2v) is 7.45. The van der Waals surface area contributed by atoms with Gasteiger partial charge in [0.2, 0.25) is 0 Å². The lowest BCUT2D eigenvalue weighted by Crippen LogP contribution is -2.29. The van der Waals surface area contributed by atoms with Crippen LogP contribution in [0.5, 0.6) is 11.5 Å². The summed E-state index contributed by atoms with van der Waals surface area (Å²) < 4.78 is 30.3. The van der Waals surface area contributed by atoms with Crippen LogP contribution in [0, 0.1) is 12.7 Å². The molecule has 1 N–H and O–H groups in total. The van der Waals surface area contributed by atoms with Gasteiger partial charge in [0, 0.05) is 11.3 Å². The number of anilines is 1. The Morgan fingerprint density at radius 1 is 1.00 bits per heavy atom. The molecule has 2 aliphatic heterocycles. The number of hydrogen-bond donors (Lipinski definition) is 1. The molecule has 1 unspecified atom stereocenters. The first-order valence-corrected chi connectivity index (χ1v) is 9.97. The van der Waals surface area contributed by atoms with Crippen LogP contribution in [-0.2, 0) is 9.59 Å². The van der Waals surface area contributed by atoms with Gasteiger partial charge in [0.05, 0.1) is 5.57 Å². The fourth-order valence-electron chi connectivity index (χ4n) is 3.92. The molecule has 0 spiro atoms. The molecule has 5 rings (SSSR count). The Morgan fingerprint density at radius 3 is 2.41 bits per heavy atom. The third-order valence-corrected chi connectivity index (χ3v) is 5.40. The van der Waals surface area contributed by atoms with Crippen molar-refractivity contribution >= 4 is 23.1 Å². The van der Waals surface area contributed by atoms with Gasteiger partial charge in [0.25, 0.3) is 11.7 Å². The lowest BCUT2D eigenvalue weighted by molar-refractivity contribution is -0.132. The van der Waals surface area contributed by atoms with Gasteiger partial charge in [-0.05, 0) is 61.5 Å². The van der Waals surface area contributed by atoms with Crippen LogP contribution in [0.25, 0.3) is 5.76 Å². The molecule has 1 amide bonds. The number of hydrogen-bond acceptors (Lipinski definition) is 6. The highest BCUT2D eigenvalue weighted by Crippen LogP contribution is 2.43. The molecule has 3 aromatic rings. The number of benzene rings is 2. The third-order valence-electron chi connectivity index (χ3n) is 5.40. The van der Waals surface area contributed by atoms with E-state index in [-0.39, 0.29) is 11.3 Å². The minimum Gasteiger partial charge on any atom is -0.507 e. The molecule has 32 heavy (non-hydrogen) atoms. The summed E-state index contributed by atoms with van der Waals surface area (Å²) in [4.78, 5) is 27.3. The average Bonchev–Trinajstić information content (AvgIpc) is 3.34. The lowest BCUT2D eigenvalue weighted by Gasteiger charge is -2.23. The molecule has 1 atom stereocenters. The average molecular weight is 435 g/mol. The van der Waals surface area contributed by atoms with Gasteiger partial charge in [0.15, 0.2) is 11.5 Å². The number of halogens is 1. The maximum absolute atomic E-state index is 13.5. The van der Waals surface area contributed by atoms with E-state index in [1.165, 1.54) is 29.2 Å². The molecule has 1 fully saturated rings. The highest BCUT2D eigenvalue weighted by Gasteiger charge is 2.48. The highest BCUT2D eigenvalue weighted by atomic mass is 19.1. The van der Waals surface area contributed by atoms with Crippen LogP contribution < -0.4 is 14.4 Å². The standard InChI is InChI=1S/C24H18FNO6/c1-13-2-8-18(32-13)21-20(22(27)14-3-9-17-19(12-14)31-11-10-30-17)23(28)24(29)26(21)16-6-4-15(25)5-7-16/h2-9,12,21,27H,10-11H2,1H3/b22-20-. The first-order valence-electron chi connectivity index (χ1n) is 9.97. The molecule has 3 heterocycles. The first-order chi connectivity index (χ1) is 15.4. The van der Waals surface area contributed by atoms with Gasteiger partial charge in [-0.25, -0.2) is 4.39 Å². The SMILES string of the molecule is Cc1ccc(C2/C(=C(/O)c3ccc4c(c3)OCCO4)C(=O)C(=O)N2c2ccc(F)cc2)o1. The van der Waals surface area contributed by atoms with E-state index in [9.17, 15) is 19.1 Å². The largest absolute Gasteiger partial charge is 0.507 e. The van der Waals surface area contributed by atoms with Crippen molar-refractivity contribution in [3.8, 4) is 11.5 Å². The molecule has 7 nitrogen and oxygen atoms in total. The van der Waals surface area contributed by atoms with Crippen molar-refractivity contribution in [2.75, 3.05) is 18.1 Å². The fourth-order valence-corrected chi connectivity index (χ4v) is 3.92. The molecule has 0 aliphatic carbocycles. The summed E-state index contributed by atoms with van der Waals surface area (Å²) in [5.74, 6) is -0.753. The van der Waals surface area contributed by atoms with Gasteiger partial charge in [-0.2, -0.15) is 0 Å². The number of rotatable bonds is 3. The van der Waals surface area contributed by atoms with Crippen LogP contribution in [-0.4, -0.2) is 30.0 Å². The number of fused-ring (bicyclic) bond motifs is 1. The van der Waals surface area contributed by atoms with Crippen LogP contribution in [0.15, 0.2) is 64.6 Å². The maximum atomic E-state index is 13.5. The van der Waals surface area contributed by atoms with Gasteiger partial charge in [-0.15, -0.1) is 0 Å². The predicted molar refractivity (Wildman–Crippen MR) is 112 cm³/mol. The highest BCUT2D eigenvalue weighted by molar-refractivity contribution is 6.51. The van der Waals surface area contributed by atoms with Crippen LogP contribution in [0.3, 0.4) is 0 Å². The molecule has 2 aromatic carbocycles. The van der Waals surface area contributed by atoms with Crippen LogP contribution in [0.1, 0.15) is 23.1 Å². The number of carbonyl (C=O) groups excluding carboxylic acids is 2. The van der Waals surface area contributed by atoms with Gasteiger partial charge >= 0.3 is 0 Å². The van der Waals surface area contributed by atoms with Crippen molar-refractivity contribution in [3.63, 3.8) is 0 Å². The van der Waals surface area contributed by atoms with E-state index in [4.69, 9.17) is 13.9 Å². The summed E-state index contributed by atoms with van der Waals surface area (Å²) in [6.07, 6.45) is 0.